The van der Waals surface area contributed by atoms with Gasteiger partial charge in [0.1, 0.15) is 0 Å². The van der Waals surface area contributed by atoms with Gasteiger partial charge in [0.15, 0.2) is 0 Å². The van der Waals surface area contributed by atoms with Crippen molar-refractivity contribution in [3.05, 3.63) is 53.6 Å². The van der Waals surface area contributed by atoms with E-state index in [1.54, 1.807) is 6.08 Å². The number of unbranched alkanes of at least 4 members (excludes halogenated alkanes) is 5. The third kappa shape index (κ3) is 4.71. The zero-order valence-corrected chi connectivity index (χ0v) is 13.7. The number of fused-ring (bicyclic) bond motifs is 1. The van der Waals surface area contributed by atoms with Gasteiger partial charge in [-0.3, -0.25) is 0 Å². The molecule has 0 spiro atoms. The molecule has 0 unspecified atom stereocenters. The Hall–Kier alpha value is -1.60. The fourth-order valence-corrected chi connectivity index (χ4v) is 3.02. The number of aliphatic hydroxyl groups is 1. The lowest BCUT2D eigenvalue weighted by Gasteiger charge is -2.09. The molecule has 0 aromatic heterocycles. The number of aryl methyl sites for hydroxylation is 1. The van der Waals surface area contributed by atoms with Crippen LogP contribution < -0.4 is 0 Å². The highest BCUT2D eigenvalue weighted by atomic mass is 16.2. The first kappa shape index (κ1) is 16.8. The first-order valence-corrected chi connectivity index (χ1v) is 8.65. The molecular weight excluding hydrogens is 268 g/mol. The molecular formula is C21H28O. The topological polar surface area (TPSA) is 20.2 Å². The van der Waals surface area contributed by atoms with E-state index in [1.807, 2.05) is 6.08 Å². The SMILES string of the molecule is CCCCCCCCc1ccc(/C=C/CO)c2ccccc12. The van der Waals surface area contributed by atoms with Gasteiger partial charge in [-0.1, -0.05) is 87.6 Å². The second-order valence-corrected chi connectivity index (χ2v) is 5.96. The normalized spacial score (nSPS) is 11.5. The van der Waals surface area contributed by atoms with E-state index in [9.17, 15) is 0 Å². The van der Waals surface area contributed by atoms with Crippen LogP contribution in [0, 0.1) is 0 Å². The molecule has 0 heterocycles. The molecule has 22 heavy (non-hydrogen) atoms. The Labute approximate surface area is 134 Å². The second kappa shape index (κ2) is 9.42. The predicted molar refractivity (Wildman–Crippen MR) is 97.1 cm³/mol. The quantitative estimate of drug-likeness (QED) is 0.584. The Morgan fingerprint density at radius 3 is 2.36 bits per heavy atom. The van der Waals surface area contributed by atoms with Crippen LogP contribution in [0.5, 0.6) is 0 Å². The van der Waals surface area contributed by atoms with Crippen molar-refractivity contribution in [2.24, 2.45) is 0 Å². The summed E-state index contributed by atoms with van der Waals surface area (Å²) in [4.78, 5) is 0. The van der Waals surface area contributed by atoms with Gasteiger partial charge in [0, 0.05) is 0 Å². The zero-order chi connectivity index (χ0) is 15.6. The largest absolute Gasteiger partial charge is 0.392 e. The summed E-state index contributed by atoms with van der Waals surface area (Å²) in [5, 5.41) is 11.6. The van der Waals surface area contributed by atoms with Gasteiger partial charge in [-0.25, -0.2) is 0 Å². The standard InChI is InChI=1S/C21H28O/c1-2-3-4-5-6-7-11-18-15-16-19(12-10-17-22)21-14-9-8-13-20(18)21/h8-10,12-16,22H,2-7,11,17H2,1H3/b12-10+. The molecule has 118 valence electrons. The Morgan fingerprint density at radius 1 is 0.864 bits per heavy atom. The molecule has 2 aromatic carbocycles. The molecule has 1 heteroatoms. The Bertz CT molecular complexity index is 598. The van der Waals surface area contributed by atoms with E-state index >= 15 is 0 Å². The van der Waals surface area contributed by atoms with Crippen LogP contribution in [0.15, 0.2) is 42.5 Å². The van der Waals surface area contributed by atoms with Crippen LogP contribution in [0.3, 0.4) is 0 Å². The minimum Gasteiger partial charge on any atom is -0.392 e. The first-order valence-electron chi connectivity index (χ1n) is 8.65. The van der Waals surface area contributed by atoms with Crippen molar-refractivity contribution in [2.45, 2.75) is 51.9 Å². The number of hydrogen-bond acceptors (Lipinski definition) is 1. The van der Waals surface area contributed by atoms with Gasteiger partial charge < -0.3 is 5.11 Å². The highest BCUT2D eigenvalue weighted by molar-refractivity contribution is 5.93. The second-order valence-electron chi connectivity index (χ2n) is 5.96. The fourth-order valence-electron chi connectivity index (χ4n) is 3.02. The zero-order valence-electron chi connectivity index (χ0n) is 13.7. The Kier molecular flexibility index (Phi) is 7.18. The molecule has 0 fully saturated rings. The van der Waals surface area contributed by atoms with Crippen molar-refractivity contribution in [3.8, 4) is 0 Å². The van der Waals surface area contributed by atoms with Crippen molar-refractivity contribution in [1.82, 2.24) is 0 Å². The van der Waals surface area contributed by atoms with Crippen LogP contribution >= 0.6 is 0 Å². The lowest BCUT2D eigenvalue weighted by Crippen LogP contribution is -1.90. The van der Waals surface area contributed by atoms with Crippen molar-refractivity contribution >= 4 is 16.8 Å². The molecule has 0 aliphatic heterocycles. The summed E-state index contributed by atoms with van der Waals surface area (Å²) < 4.78 is 0. The maximum absolute atomic E-state index is 8.97. The molecule has 2 aromatic rings. The van der Waals surface area contributed by atoms with Crippen LogP contribution in [0.1, 0.15) is 56.6 Å². The maximum Gasteiger partial charge on any atom is 0.0615 e. The van der Waals surface area contributed by atoms with E-state index in [0.29, 0.717) is 0 Å². The number of aliphatic hydroxyl groups excluding tert-OH is 1. The average Bonchev–Trinajstić information content (AvgIpc) is 2.57. The summed E-state index contributed by atoms with van der Waals surface area (Å²) in [5.41, 5.74) is 2.64. The van der Waals surface area contributed by atoms with E-state index < -0.39 is 0 Å². The minimum absolute atomic E-state index is 0.0911. The third-order valence-electron chi connectivity index (χ3n) is 4.25. The summed E-state index contributed by atoms with van der Waals surface area (Å²) in [6.45, 7) is 2.35. The smallest absolute Gasteiger partial charge is 0.0615 e. The van der Waals surface area contributed by atoms with Crippen LogP contribution in [-0.4, -0.2) is 11.7 Å². The highest BCUT2D eigenvalue weighted by Gasteiger charge is 2.04. The van der Waals surface area contributed by atoms with Crippen molar-refractivity contribution < 1.29 is 5.11 Å². The molecule has 1 N–H and O–H groups in total. The van der Waals surface area contributed by atoms with Gasteiger partial charge in [-0.05, 0) is 34.7 Å². The van der Waals surface area contributed by atoms with Crippen LogP contribution in [-0.2, 0) is 6.42 Å². The van der Waals surface area contributed by atoms with Crippen molar-refractivity contribution in [3.63, 3.8) is 0 Å². The Morgan fingerprint density at radius 2 is 1.59 bits per heavy atom. The summed E-state index contributed by atoms with van der Waals surface area (Å²) in [6, 6.07) is 13.0. The Balaban J connectivity index is 2.06. The van der Waals surface area contributed by atoms with Gasteiger partial charge in [-0.15, -0.1) is 0 Å². The van der Waals surface area contributed by atoms with Gasteiger partial charge in [0.25, 0.3) is 0 Å². The number of hydrogen-bond donors (Lipinski definition) is 1. The third-order valence-corrected chi connectivity index (χ3v) is 4.25. The van der Waals surface area contributed by atoms with Gasteiger partial charge in [0.05, 0.1) is 6.61 Å². The summed E-state index contributed by atoms with van der Waals surface area (Å²) in [6.07, 6.45) is 13.0. The van der Waals surface area contributed by atoms with Crippen LogP contribution in [0.2, 0.25) is 0 Å². The highest BCUT2D eigenvalue weighted by Crippen LogP contribution is 2.25. The van der Waals surface area contributed by atoms with E-state index in [2.05, 4.69) is 43.3 Å². The molecule has 0 aliphatic carbocycles. The van der Waals surface area contributed by atoms with Gasteiger partial charge in [0.2, 0.25) is 0 Å². The summed E-state index contributed by atoms with van der Waals surface area (Å²) in [5.74, 6) is 0. The number of benzene rings is 2. The molecule has 1 nitrogen and oxygen atoms in total. The predicted octanol–water partition coefficient (Wildman–Crippen LogP) is 5.75. The molecule has 0 saturated carbocycles. The van der Waals surface area contributed by atoms with E-state index in [4.69, 9.17) is 5.11 Å². The van der Waals surface area contributed by atoms with Crippen molar-refractivity contribution in [1.29, 1.82) is 0 Å². The van der Waals surface area contributed by atoms with Gasteiger partial charge >= 0.3 is 0 Å². The van der Waals surface area contributed by atoms with E-state index in [1.165, 1.54) is 60.4 Å². The number of rotatable bonds is 9. The lowest BCUT2D eigenvalue weighted by molar-refractivity contribution is 0.343. The average molecular weight is 296 g/mol. The van der Waals surface area contributed by atoms with Crippen LogP contribution in [0.4, 0.5) is 0 Å². The molecule has 2 rings (SSSR count). The molecule has 0 atom stereocenters. The van der Waals surface area contributed by atoms with Crippen molar-refractivity contribution in [2.75, 3.05) is 6.61 Å². The molecule has 0 amide bonds. The van der Waals surface area contributed by atoms with Gasteiger partial charge in [-0.2, -0.15) is 0 Å². The van der Waals surface area contributed by atoms with E-state index in [0.717, 1.165) is 6.42 Å². The summed E-state index contributed by atoms with van der Waals surface area (Å²) >= 11 is 0. The monoisotopic (exact) mass is 296 g/mol. The maximum atomic E-state index is 8.97. The fraction of sp³-hybridized carbons (Fsp3) is 0.429. The van der Waals surface area contributed by atoms with Crippen LogP contribution in [0.25, 0.3) is 16.8 Å². The molecule has 0 saturated heterocycles. The lowest BCUT2D eigenvalue weighted by atomic mass is 9.95. The molecule has 0 aliphatic rings. The summed E-state index contributed by atoms with van der Waals surface area (Å²) in [7, 11) is 0. The first-order chi connectivity index (χ1) is 10.9. The molecule has 0 radical (unpaired) electrons. The molecule has 0 bridgehead atoms. The van der Waals surface area contributed by atoms with E-state index in [-0.39, 0.29) is 6.61 Å². The minimum atomic E-state index is 0.0911.